The van der Waals surface area contributed by atoms with E-state index < -0.39 is 0 Å². The van der Waals surface area contributed by atoms with Gasteiger partial charge in [-0.3, -0.25) is 23.9 Å². The maximum Gasteiger partial charge on any atom is 0.316 e. The molecule has 0 aliphatic carbocycles. The number of benzene rings is 3. The molecule has 8 nitrogen and oxygen atoms in total. The molecular weight excluding hydrogens is 476 g/mol. The van der Waals surface area contributed by atoms with Crippen LogP contribution in [0.25, 0.3) is 16.5 Å². The van der Waals surface area contributed by atoms with Gasteiger partial charge in [-0.2, -0.15) is 0 Å². The first kappa shape index (κ1) is 23.7. The third kappa shape index (κ3) is 4.49. The monoisotopic (exact) mass is 500 g/mol. The Morgan fingerprint density at radius 1 is 0.917 bits per heavy atom. The number of aromatic nitrogens is 3. The minimum absolute atomic E-state index is 0.126. The van der Waals surface area contributed by atoms with Crippen molar-refractivity contribution in [3.8, 4) is 5.69 Å². The molecule has 2 amide bonds. The summed E-state index contributed by atoms with van der Waals surface area (Å²) in [6.45, 7) is 2.35. The van der Waals surface area contributed by atoms with E-state index >= 15 is 0 Å². The quantitative estimate of drug-likeness (QED) is 0.192. The number of amides is 2. The van der Waals surface area contributed by atoms with E-state index in [1.54, 1.807) is 19.1 Å². The summed E-state index contributed by atoms with van der Waals surface area (Å²) in [7, 11) is 0. The maximum absolute atomic E-state index is 13.2. The second kappa shape index (κ2) is 10.3. The number of hydrogen-bond acceptors (Lipinski definition) is 7. The van der Waals surface area contributed by atoms with Crippen LogP contribution in [0.4, 0.5) is 0 Å². The van der Waals surface area contributed by atoms with Crippen molar-refractivity contribution in [2.24, 2.45) is 0 Å². The highest BCUT2D eigenvalue weighted by Crippen LogP contribution is 2.30. The molecule has 36 heavy (non-hydrogen) atoms. The second-order valence-electron chi connectivity index (χ2n) is 8.24. The smallest absolute Gasteiger partial charge is 0.316 e. The second-order valence-corrected chi connectivity index (χ2v) is 9.18. The molecule has 182 valence electrons. The van der Waals surface area contributed by atoms with Crippen molar-refractivity contribution in [1.82, 2.24) is 19.7 Å². The van der Waals surface area contributed by atoms with Gasteiger partial charge in [-0.05, 0) is 43.0 Å². The van der Waals surface area contributed by atoms with Crippen LogP contribution in [0.15, 0.2) is 71.9 Å². The van der Waals surface area contributed by atoms with Crippen LogP contribution < -0.4 is 0 Å². The van der Waals surface area contributed by atoms with Gasteiger partial charge in [0, 0.05) is 35.2 Å². The van der Waals surface area contributed by atoms with E-state index in [4.69, 9.17) is 4.74 Å². The molecule has 0 spiro atoms. The van der Waals surface area contributed by atoms with Crippen LogP contribution in [-0.4, -0.2) is 56.4 Å². The van der Waals surface area contributed by atoms with Crippen molar-refractivity contribution in [2.45, 2.75) is 24.9 Å². The number of rotatable bonds is 9. The summed E-state index contributed by atoms with van der Waals surface area (Å²) in [5.41, 5.74) is 1.97. The summed E-state index contributed by atoms with van der Waals surface area (Å²) in [4.78, 5) is 39.5. The standard InChI is InChI=1S/C27H24N4O4S/c1-2-35-23(32)17-36-27-29-28-22(31(27)19-11-4-3-5-12-19)15-8-16-30-25(33)20-13-6-9-18-10-7-14-21(24(18)20)26(30)34/h3-7,9-14H,2,8,15-17H2,1H3. The molecule has 0 fully saturated rings. The first-order valence-electron chi connectivity index (χ1n) is 11.7. The van der Waals surface area contributed by atoms with Crippen LogP contribution in [-0.2, 0) is 16.0 Å². The number of nitrogens with zero attached hydrogens (tertiary/aromatic N) is 4. The van der Waals surface area contributed by atoms with E-state index in [1.807, 2.05) is 59.2 Å². The lowest BCUT2D eigenvalue weighted by Crippen LogP contribution is -2.41. The lowest BCUT2D eigenvalue weighted by Gasteiger charge is -2.27. The van der Waals surface area contributed by atoms with Crippen molar-refractivity contribution in [1.29, 1.82) is 0 Å². The maximum atomic E-state index is 13.2. The average molecular weight is 501 g/mol. The Balaban J connectivity index is 1.34. The minimum Gasteiger partial charge on any atom is -0.465 e. The molecule has 1 aromatic heterocycles. The van der Waals surface area contributed by atoms with Gasteiger partial charge in [0.25, 0.3) is 11.8 Å². The van der Waals surface area contributed by atoms with Crippen molar-refractivity contribution in [3.05, 3.63) is 83.7 Å². The fraction of sp³-hybridized carbons (Fsp3) is 0.222. The molecule has 9 heteroatoms. The van der Waals surface area contributed by atoms with Crippen molar-refractivity contribution >= 4 is 40.3 Å². The van der Waals surface area contributed by atoms with Crippen LogP contribution in [0.5, 0.6) is 0 Å². The summed E-state index contributed by atoms with van der Waals surface area (Å²) in [5.74, 6) is -0.0596. The largest absolute Gasteiger partial charge is 0.465 e. The van der Waals surface area contributed by atoms with Crippen LogP contribution in [0.3, 0.4) is 0 Å². The third-order valence-electron chi connectivity index (χ3n) is 5.98. The molecule has 5 rings (SSSR count). The highest BCUT2D eigenvalue weighted by atomic mass is 32.2. The highest BCUT2D eigenvalue weighted by Gasteiger charge is 2.32. The van der Waals surface area contributed by atoms with Crippen molar-refractivity contribution in [3.63, 3.8) is 0 Å². The normalized spacial score (nSPS) is 12.9. The lowest BCUT2D eigenvalue weighted by atomic mass is 9.94. The van der Waals surface area contributed by atoms with Crippen molar-refractivity contribution < 1.29 is 19.1 Å². The van der Waals surface area contributed by atoms with Gasteiger partial charge >= 0.3 is 5.97 Å². The van der Waals surface area contributed by atoms with Gasteiger partial charge in [0.15, 0.2) is 5.16 Å². The molecule has 3 aromatic carbocycles. The van der Waals surface area contributed by atoms with Gasteiger partial charge in [0.05, 0.1) is 12.4 Å². The molecule has 2 heterocycles. The summed E-state index contributed by atoms with van der Waals surface area (Å²) < 4.78 is 6.93. The topological polar surface area (TPSA) is 94.4 Å². The SMILES string of the molecule is CCOC(=O)CSc1nnc(CCCN2C(=O)c3cccc4cccc(c34)C2=O)n1-c1ccccc1. The number of ether oxygens (including phenoxy) is 1. The number of thioether (sulfide) groups is 1. The van der Waals surface area contributed by atoms with E-state index in [0.29, 0.717) is 41.6 Å². The Kier molecular flexibility index (Phi) is 6.81. The van der Waals surface area contributed by atoms with E-state index in [2.05, 4.69) is 10.2 Å². The molecule has 0 saturated carbocycles. The molecular formula is C27H24N4O4S. The van der Waals surface area contributed by atoms with Crippen LogP contribution in [0.2, 0.25) is 0 Å². The van der Waals surface area contributed by atoms with Gasteiger partial charge in [0.2, 0.25) is 0 Å². The number of carbonyl (C=O) groups is 3. The molecule has 0 atom stereocenters. The van der Waals surface area contributed by atoms with E-state index in [0.717, 1.165) is 16.5 Å². The predicted molar refractivity (Wildman–Crippen MR) is 136 cm³/mol. The van der Waals surface area contributed by atoms with E-state index in [-0.39, 0.29) is 30.1 Å². The van der Waals surface area contributed by atoms with Gasteiger partial charge < -0.3 is 4.74 Å². The molecule has 0 radical (unpaired) electrons. The number of para-hydroxylation sites is 1. The Labute approximate surface area is 212 Å². The van der Waals surface area contributed by atoms with Crippen LogP contribution in [0, 0.1) is 0 Å². The summed E-state index contributed by atoms with van der Waals surface area (Å²) >= 11 is 1.26. The van der Waals surface area contributed by atoms with E-state index in [1.165, 1.54) is 16.7 Å². The number of aryl methyl sites for hydroxylation is 1. The number of imide groups is 1. The molecule has 0 unspecified atom stereocenters. The third-order valence-corrected chi connectivity index (χ3v) is 6.88. The molecule has 4 aromatic rings. The zero-order chi connectivity index (χ0) is 25.1. The Bertz CT molecular complexity index is 1400. The van der Waals surface area contributed by atoms with Gasteiger partial charge in [-0.15, -0.1) is 10.2 Å². The minimum atomic E-state index is -0.316. The Morgan fingerprint density at radius 2 is 1.61 bits per heavy atom. The molecule has 1 aliphatic rings. The first-order chi connectivity index (χ1) is 17.6. The highest BCUT2D eigenvalue weighted by molar-refractivity contribution is 7.99. The van der Waals surface area contributed by atoms with Crippen molar-refractivity contribution in [2.75, 3.05) is 18.9 Å². The first-order valence-corrected chi connectivity index (χ1v) is 12.7. The predicted octanol–water partition coefficient (Wildman–Crippen LogP) is 4.30. The fourth-order valence-electron chi connectivity index (χ4n) is 4.40. The zero-order valence-electron chi connectivity index (χ0n) is 19.7. The number of hydrogen-bond donors (Lipinski definition) is 0. The fourth-order valence-corrected chi connectivity index (χ4v) is 5.17. The zero-order valence-corrected chi connectivity index (χ0v) is 20.5. The van der Waals surface area contributed by atoms with Gasteiger partial charge in [-0.25, -0.2) is 0 Å². The van der Waals surface area contributed by atoms with Crippen LogP contribution >= 0.6 is 11.8 Å². The Hall–Kier alpha value is -3.98. The molecule has 0 saturated heterocycles. The average Bonchev–Trinajstić information content (AvgIpc) is 3.31. The molecule has 0 bridgehead atoms. The van der Waals surface area contributed by atoms with Gasteiger partial charge in [0.1, 0.15) is 5.82 Å². The number of carbonyl (C=O) groups excluding carboxylic acids is 3. The van der Waals surface area contributed by atoms with E-state index in [9.17, 15) is 14.4 Å². The lowest BCUT2D eigenvalue weighted by molar-refractivity contribution is -0.139. The number of esters is 1. The molecule has 0 N–H and O–H groups in total. The van der Waals surface area contributed by atoms with Gasteiger partial charge in [-0.1, -0.05) is 54.2 Å². The summed E-state index contributed by atoms with van der Waals surface area (Å²) in [6.07, 6.45) is 1.01. The Morgan fingerprint density at radius 3 is 2.28 bits per heavy atom. The van der Waals surface area contributed by atoms with Crippen LogP contribution in [0.1, 0.15) is 39.9 Å². The summed E-state index contributed by atoms with van der Waals surface area (Å²) in [5, 5.41) is 10.8. The summed E-state index contributed by atoms with van der Waals surface area (Å²) in [6, 6.07) is 20.7. The molecule has 1 aliphatic heterocycles.